The molecule has 1 amide bonds. The van der Waals surface area contributed by atoms with Gasteiger partial charge in [0.2, 0.25) is 10.0 Å². The molecule has 2 aliphatic rings. The highest BCUT2D eigenvalue weighted by Crippen LogP contribution is 2.26. The molecule has 4 N–H and O–H groups in total. The summed E-state index contributed by atoms with van der Waals surface area (Å²) in [5.41, 5.74) is 1.23. The Labute approximate surface area is 198 Å². The minimum absolute atomic E-state index is 0.0289. The first kappa shape index (κ1) is 22.4. The molecule has 1 spiro atoms. The van der Waals surface area contributed by atoms with E-state index >= 15 is 0 Å². The fraction of sp³-hybridized carbons (Fsp3) is 0.280. The summed E-state index contributed by atoms with van der Waals surface area (Å²) in [6.45, 7) is 2.12. The summed E-state index contributed by atoms with van der Waals surface area (Å²) in [4.78, 5) is 15.0. The molecule has 0 atom stereocenters. The number of piperidine rings is 1. The molecule has 0 radical (unpaired) electrons. The van der Waals surface area contributed by atoms with E-state index in [2.05, 4.69) is 15.4 Å². The van der Waals surface area contributed by atoms with Gasteiger partial charge < -0.3 is 15.5 Å². The SMILES string of the molecule is N=C1NCC2(CCN(C(=O)c3ccc(CNS(=O)(=O)c4cccc5ccccc45)cc3)CC2)N1. The van der Waals surface area contributed by atoms with Gasteiger partial charge in [0, 0.05) is 37.1 Å². The summed E-state index contributed by atoms with van der Waals surface area (Å²) in [6, 6.07) is 19.7. The van der Waals surface area contributed by atoms with E-state index in [-0.39, 0.29) is 22.9 Å². The summed E-state index contributed by atoms with van der Waals surface area (Å²) in [5, 5.41) is 15.5. The standard InChI is InChI=1S/C25H27N5O3S/c26-24-27-17-25(29-24)12-14-30(15-13-25)23(31)20-10-8-18(9-11-20)16-28-34(32,33)22-7-3-5-19-4-1-2-6-21(19)22/h1-11,28H,12-17H2,(H3,26,27,29). The number of sulfonamides is 1. The molecule has 5 rings (SSSR count). The number of guanidine groups is 1. The van der Waals surface area contributed by atoms with E-state index in [1.807, 2.05) is 29.2 Å². The zero-order valence-corrected chi connectivity index (χ0v) is 19.5. The first-order valence-corrected chi connectivity index (χ1v) is 12.8. The number of fused-ring (bicyclic) bond motifs is 1. The second kappa shape index (κ2) is 8.73. The van der Waals surface area contributed by atoms with Crippen LogP contribution in [-0.2, 0) is 16.6 Å². The van der Waals surface area contributed by atoms with Gasteiger partial charge in [-0.1, -0.05) is 48.5 Å². The van der Waals surface area contributed by atoms with Gasteiger partial charge in [-0.15, -0.1) is 0 Å². The second-order valence-electron chi connectivity index (χ2n) is 8.92. The van der Waals surface area contributed by atoms with Gasteiger partial charge >= 0.3 is 0 Å². The lowest BCUT2D eigenvalue weighted by Gasteiger charge is -2.38. The lowest BCUT2D eigenvalue weighted by molar-refractivity contribution is 0.0669. The first-order chi connectivity index (χ1) is 16.4. The predicted octanol–water partition coefficient (Wildman–Crippen LogP) is 2.42. The van der Waals surface area contributed by atoms with Gasteiger partial charge in [0.15, 0.2) is 5.96 Å². The van der Waals surface area contributed by atoms with Gasteiger partial charge in [0.05, 0.1) is 10.4 Å². The van der Waals surface area contributed by atoms with Crippen LogP contribution in [0.1, 0.15) is 28.8 Å². The Morgan fingerprint density at radius 1 is 1.00 bits per heavy atom. The summed E-state index contributed by atoms with van der Waals surface area (Å²) >= 11 is 0. The number of nitrogens with one attached hydrogen (secondary N) is 4. The molecule has 176 valence electrons. The minimum atomic E-state index is -3.69. The largest absolute Gasteiger partial charge is 0.354 e. The van der Waals surface area contributed by atoms with Crippen LogP contribution in [0.15, 0.2) is 71.6 Å². The lowest BCUT2D eigenvalue weighted by Crippen LogP contribution is -2.53. The summed E-state index contributed by atoms with van der Waals surface area (Å²) in [5.74, 6) is 0.324. The zero-order chi connectivity index (χ0) is 23.8. The summed E-state index contributed by atoms with van der Waals surface area (Å²) < 4.78 is 28.5. The van der Waals surface area contributed by atoms with Crippen molar-refractivity contribution in [2.45, 2.75) is 29.8 Å². The first-order valence-electron chi connectivity index (χ1n) is 11.3. The fourth-order valence-corrected chi connectivity index (χ4v) is 5.93. The van der Waals surface area contributed by atoms with Crippen LogP contribution in [0.5, 0.6) is 0 Å². The van der Waals surface area contributed by atoms with E-state index in [9.17, 15) is 13.2 Å². The quantitative estimate of drug-likeness (QED) is 0.451. The molecule has 0 unspecified atom stereocenters. The molecule has 2 aliphatic heterocycles. The molecule has 3 aromatic carbocycles. The smallest absolute Gasteiger partial charge is 0.253 e. The number of carbonyl (C=O) groups is 1. The van der Waals surface area contributed by atoms with Crippen LogP contribution in [-0.4, -0.2) is 50.4 Å². The zero-order valence-electron chi connectivity index (χ0n) is 18.7. The molecule has 0 saturated carbocycles. The minimum Gasteiger partial charge on any atom is -0.354 e. The van der Waals surface area contributed by atoms with E-state index in [0.29, 0.717) is 30.0 Å². The maximum Gasteiger partial charge on any atom is 0.253 e. The number of likely N-dealkylation sites (tertiary alicyclic amines) is 1. The van der Waals surface area contributed by atoms with E-state index in [1.165, 1.54) is 0 Å². The molecular formula is C25H27N5O3S. The number of carbonyl (C=O) groups excluding carboxylic acids is 1. The van der Waals surface area contributed by atoms with Gasteiger partial charge in [-0.25, -0.2) is 13.1 Å². The Balaban J connectivity index is 1.22. The van der Waals surface area contributed by atoms with Crippen LogP contribution in [0.3, 0.4) is 0 Å². The Morgan fingerprint density at radius 3 is 2.41 bits per heavy atom. The number of hydrogen-bond acceptors (Lipinski definition) is 4. The number of benzene rings is 3. The average molecular weight is 478 g/mol. The number of rotatable bonds is 5. The molecule has 9 heteroatoms. The van der Waals surface area contributed by atoms with Crippen molar-refractivity contribution in [3.63, 3.8) is 0 Å². The summed E-state index contributed by atoms with van der Waals surface area (Å²) in [7, 11) is -3.69. The highest BCUT2D eigenvalue weighted by Gasteiger charge is 2.40. The van der Waals surface area contributed by atoms with E-state index < -0.39 is 10.0 Å². The third-order valence-corrected chi connectivity index (χ3v) is 8.17. The number of nitrogens with zero attached hydrogens (tertiary/aromatic N) is 1. The lowest BCUT2D eigenvalue weighted by atomic mass is 9.88. The Bertz CT molecular complexity index is 1340. The molecule has 2 fully saturated rings. The van der Waals surface area contributed by atoms with Crippen molar-refractivity contribution in [1.82, 2.24) is 20.3 Å². The highest BCUT2D eigenvalue weighted by molar-refractivity contribution is 7.89. The third kappa shape index (κ3) is 4.36. The van der Waals surface area contributed by atoms with Crippen LogP contribution in [0.25, 0.3) is 10.8 Å². The van der Waals surface area contributed by atoms with Crippen molar-refractivity contribution >= 4 is 32.7 Å². The molecule has 2 saturated heterocycles. The van der Waals surface area contributed by atoms with Crippen LogP contribution < -0.4 is 15.4 Å². The number of hydrogen-bond donors (Lipinski definition) is 4. The Kier molecular flexibility index (Phi) is 5.75. The number of amides is 1. The summed E-state index contributed by atoms with van der Waals surface area (Å²) in [6.07, 6.45) is 1.59. The van der Waals surface area contributed by atoms with Gasteiger partial charge in [0.25, 0.3) is 5.91 Å². The molecular weight excluding hydrogens is 450 g/mol. The van der Waals surface area contributed by atoms with Crippen LogP contribution >= 0.6 is 0 Å². The van der Waals surface area contributed by atoms with Crippen molar-refractivity contribution < 1.29 is 13.2 Å². The fourth-order valence-electron chi connectivity index (χ4n) is 4.68. The van der Waals surface area contributed by atoms with Crippen molar-refractivity contribution in [2.24, 2.45) is 0 Å². The van der Waals surface area contributed by atoms with Crippen molar-refractivity contribution in [3.8, 4) is 0 Å². The maximum absolute atomic E-state index is 12.9. The Hall–Kier alpha value is -3.43. The normalized spacial score (nSPS) is 17.5. The van der Waals surface area contributed by atoms with E-state index in [0.717, 1.165) is 30.3 Å². The molecule has 2 heterocycles. The molecule has 0 bridgehead atoms. The maximum atomic E-state index is 12.9. The second-order valence-corrected chi connectivity index (χ2v) is 10.7. The van der Waals surface area contributed by atoms with Crippen molar-refractivity contribution in [3.05, 3.63) is 77.9 Å². The van der Waals surface area contributed by atoms with E-state index in [4.69, 9.17) is 5.41 Å². The van der Waals surface area contributed by atoms with E-state index in [1.54, 1.807) is 42.5 Å². The molecule has 34 heavy (non-hydrogen) atoms. The average Bonchev–Trinajstić information content (AvgIpc) is 3.22. The van der Waals surface area contributed by atoms with Gasteiger partial charge in [-0.2, -0.15) is 0 Å². The van der Waals surface area contributed by atoms with Crippen LogP contribution in [0.2, 0.25) is 0 Å². The molecule has 0 aliphatic carbocycles. The van der Waals surface area contributed by atoms with Gasteiger partial charge in [0.1, 0.15) is 0 Å². The Morgan fingerprint density at radius 2 is 1.71 bits per heavy atom. The molecule has 0 aromatic heterocycles. The van der Waals surface area contributed by atoms with Gasteiger partial charge in [-0.05, 0) is 42.0 Å². The predicted molar refractivity (Wildman–Crippen MR) is 131 cm³/mol. The topological polar surface area (TPSA) is 114 Å². The molecule has 8 nitrogen and oxygen atoms in total. The third-order valence-electron chi connectivity index (χ3n) is 6.71. The van der Waals surface area contributed by atoms with Gasteiger partial charge in [-0.3, -0.25) is 10.2 Å². The van der Waals surface area contributed by atoms with Crippen LogP contribution in [0.4, 0.5) is 0 Å². The van der Waals surface area contributed by atoms with Crippen LogP contribution in [0, 0.1) is 5.41 Å². The molecule has 3 aromatic rings. The monoisotopic (exact) mass is 477 g/mol. The van der Waals surface area contributed by atoms with Crippen molar-refractivity contribution in [1.29, 1.82) is 5.41 Å². The highest BCUT2D eigenvalue weighted by atomic mass is 32.2. The van der Waals surface area contributed by atoms with Crippen molar-refractivity contribution in [2.75, 3.05) is 19.6 Å².